The number of alkyl halides is 2. The molecule has 27 heavy (non-hydrogen) atoms. The molecule has 1 saturated carbocycles. The van der Waals surface area contributed by atoms with Gasteiger partial charge in [0.05, 0.1) is 29.7 Å². The number of halogens is 2. The van der Waals surface area contributed by atoms with Gasteiger partial charge in [0, 0.05) is 38.0 Å². The SMILES string of the molecule is NC(CC(O)C1CCCO1)NC(=O)C1CNN(CC2CCC(Cl)C(Cl)C2)C1. The van der Waals surface area contributed by atoms with Crippen LogP contribution in [0.5, 0.6) is 0 Å². The summed E-state index contributed by atoms with van der Waals surface area (Å²) in [5.74, 6) is 0.282. The van der Waals surface area contributed by atoms with E-state index < -0.39 is 12.3 Å². The molecule has 2 heterocycles. The number of carbonyl (C=O) groups excluding carboxylic acids is 1. The summed E-state index contributed by atoms with van der Waals surface area (Å²) in [6.45, 7) is 2.81. The van der Waals surface area contributed by atoms with Crippen molar-refractivity contribution in [1.82, 2.24) is 15.8 Å². The zero-order chi connectivity index (χ0) is 19.4. The van der Waals surface area contributed by atoms with Gasteiger partial charge in [-0.2, -0.15) is 0 Å². The molecule has 5 N–H and O–H groups in total. The minimum absolute atomic E-state index is 0.0281. The van der Waals surface area contributed by atoms with Crippen LogP contribution in [0.3, 0.4) is 0 Å². The van der Waals surface area contributed by atoms with Gasteiger partial charge < -0.3 is 20.9 Å². The number of amides is 1. The van der Waals surface area contributed by atoms with Crippen LogP contribution in [0.2, 0.25) is 0 Å². The van der Waals surface area contributed by atoms with Crippen molar-refractivity contribution in [1.29, 1.82) is 0 Å². The predicted octanol–water partition coefficient (Wildman–Crippen LogP) is 0.769. The molecular weight excluding hydrogens is 391 g/mol. The maximum absolute atomic E-state index is 12.5. The van der Waals surface area contributed by atoms with E-state index in [0.29, 0.717) is 32.0 Å². The van der Waals surface area contributed by atoms with Crippen molar-refractivity contribution in [3.8, 4) is 0 Å². The molecule has 1 aliphatic carbocycles. The number of hydrogen-bond acceptors (Lipinski definition) is 6. The van der Waals surface area contributed by atoms with Crippen LogP contribution in [-0.4, -0.2) is 71.4 Å². The maximum atomic E-state index is 12.5. The van der Waals surface area contributed by atoms with Crippen molar-refractivity contribution >= 4 is 29.1 Å². The summed E-state index contributed by atoms with van der Waals surface area (Å²) in [5.41, 5.74) is 9.32. The number of nitrogens with two attached hydrogens (primary N) is 1. The number of carbonyl (C=O) groups is 1. The Bertz CT molecular complexity index is 495. The van der Waals surface area contributed by atoms with Crippen LogP contribution in [-0.2, 0) is 9.53 Å². The lowest BCUT2D eigenvalue weighted by molar-refractivity contribution is -0.125. The molecule has 156 valence electrons. The molecular formula is C18H32Cl2N4O3. The van der Waals surface area contributed by atoms with Crippen molar-refractivity contribution in [2.24, 2.45) is 17.6 Å². The summed E-state index contributed by atoms with van der Waals surface area (Å²) in [5, 5.41) is 15.2. The number of hydrogen-bond donors (Lipinski definition) is 4. The number of aliphatic hydroxyl groups excluding tert-OH is 1. The van der Waals surface area contributed by atoms with Gasteiger partial charge in [0.15, 0.2) is 0 Å². The maximum Gasteiger partial charge on any atom is 0.227 e. The van der Waals surface area contributed by atoms with Gasteiger partial charge in [-0.25, -0.2) is 5.01 Å². The quantitative estimate of drug-likeness (QED) is 0.357. The molecule has 3 aliphatic rings. The lowest BCUT2D eigenvalue weighted by Gasteiger charge is -2.31. The third-order valence-corrected chi connectivity index (χ3v) is 7.00. The number of nitrogens with zero attached hydrogens (tertiary/aromatic N) is 1. The summed E-state index contributed by atoms with van der Waals surface area (Å²) in [6.07, 6.45) is 3.67. The van der Waals surface area contributed by atoms with Crippen molar-refractivity contribution in [2.45, 2.75) is 67.7 Å². The Kier molecular flexibility index (Phi) is 8.03. The topological polar surface area (TPSA) is 99.9 Å². The fourth-order valence-corrected chi connectivity index (χ4v) is 4.87. The predicted molar refractivity (Wildman–Crippen MR) is 105 cm³/mol. The summed E-state index contributed by atoms with van der Waals surface area (Å²) in [7, 11) is 0. The van der Waals surface area contributed by atoms with Gasteiger partial charge in [-0.15, -0.1) is 23.2 Å². The molecule has 0 aromatic rings. The van der Waals surface area contributed by atoms with E-state index in [1.807, 2.05) is 0 Å². The molecule has 0 spiro atoms. The second-order valence-electron chi connectivity index (χ2n) is 8.14. The second kappa shape index (κ2) is 10.1. The highest BCUT2D eigenvalue weighted by atomic mass is 35.5. The van der Waals surface area contributed by atoms with E-state index in [1.165, 1.54) is 0 Å². The molecule has 3 fully saturated rings. The van der Waals surface area contributed by atoms with Gasteiger partial charge in [-0.1, -0.05) is 0 Å². The fraction of sp³-hybridized carbons (Fsp3) is 0.944. The molecule has 0 aromatic carbocycles. The van der Waals surface area contributed by atoms with Gasteiger partial charge in [0.1, 0.15) is 0 Å². The van der Waals surface area contributed by atoms with Gasteiger partial charge in [0.25, 0.3) is 0 Å². The molecule has 7 unspecified atom stereocenters. The Morgan fingerprint density at radius 2 is 2.15 bits per heavy atom. The first-order chi connectivity index (χ1) is 12.9. The Labute approximate surface area is 171 Å². The lowest BCUT2D eigenvalue weighted by atomic mass is 9.88. The normalized spacial score (nSPS) is 37.3. The van der Waals surface area contributed by atoms with E-state index in [4.69, 9.17) is 33.7 Å². The Morgan fingerprint density at radius 3 is 2.85 bits per heavy atom. The molecule has 2 aliphatic heterocycles. The lowest BCUT2D eigenvalue weighted by Crippen LogP contribution is -2.48. The van der Waals surface area contributed by atoms with Crippen LogP contribution < -0.4 is 16.5 Å². The molecule has 3 rings (SSSR count). The van der Waals surface area contributed by atoms with Crippen molar-refractivity contribution in [2.75, 3.05) is 26.2 Å². The number of rotatable bonds is 7. The van der Waals surface area contributed by atoms with E-state index in [0.717, 1.165) is 38.6 Å². The molecule has 7 atom stereocenters. The van der Waals surface area contributed by atoms with Crippen molar-refractivity contribution in [3.05, 3.63) is 0 Å². The minimum atomic E-state index is -0.637. The molecule has 7 nitrogen and oxygen atoms in total. The van der Waals surface area contributed by atoms with Crippen LogP contribution in [0.15, 0.2) is 0 Å². The Balaban J connectivity index is 1.37. The van der Waals surface area contributed by atoms with Gasteiger partial charge in [0.2, 0.25) is 5.91 Å². The van der Waals surface area contributed by atoms with Crippen LogP contribution in [0, 0.1) is 11.8 Å². The van der Waals surface area contributed by atoms with Crippen molar-refractivity contribution in [3.63, 3.8) is 0 Å². The highest BCUT2D eigenvalue weighted by Gasteiger charge is 2.34. The smallest absolute Gasteiger partial charge is 0.227 e. The molecule has 0 bridgehead atoms. The van der Waals surface area contributed by atoms with Gasteiger partial charge in [-0.05, 0) is 38.0 Å². The largest absolute Gasteiger partial charge is 0.390 e. The first-order valence-corrected chi connectivity index (χ1v) is 10.9. The first kappa shape index (κ1) is 21.6. The van der Waals surface area contributed by atoms with E-state index in [2.05, 4.69) is 15.8 Å². The molecule has 2 saturated heterocycles. The second-order valence-corrected chi connectivity index (χ2v) is 9.27. The summed E-state index contributed by atoms with van der Waals surface area (Å²) >= 11 is 12.5. The average molecular weight is 423 g/mol. The molecule has 1 amide bonds. The number of nitrogens with one attached hydrogen (secondary N) is 2. The van der Waals surface area contributed by atoms with E-state index >= 15 is 0 Å². The van der Waals surface area contributed by atoms with E-state index in [9.17, 15) is 9.90 Å². The highest BCUT2D eigenvalue weighted by Crippen LogP contribution is 2.32. The van der Waals surface area contributed by atoms with E-state index in [-0.39, 0.29) is 28.7 Å². The molecule has 0 aromatic heterocycles. The monoisotopic (exact) mass is 422 g/mol. The summed E-state index contributed by atoms with van der Waals surface area (Å²) in [4.78, 5) is 12.5. The molecule has 9 heteroatoms. The molecule has 0 radical (unpaired) electrons. The number of aliphatic hydroxyl groups is 1. The number of ether oxygens (including phenoxy) is 1. The van der Waals surface area contributed by atoms with E-state index in [1.54, 1.807) is 0 Å². The van der Waals surface area contributed by atoms with Crippen molar-refractivity contribution < 1.29 is 14.6 Å². The number of hydrazine groups is 1. The average Bonchev–Trinajstić information content (AvgIpc) is 3.30. The van der Waals surface area contributed by atoms with Crippen LogP contribution in [0.25, 0.3) is 0 Å². The standard InChI is InChI=1S/C18H32Cl2N4O3/c19-13-4-3-11(6-14(13)20)9-24-10-12(8-22-24)18(26)23-17(21)7-15(25)16-2-1-5-27-16/h11-17,22,25H,1-10,21H2,(H,23,26). The van der Waals surface area contributed by atoms with Gasteiger partial charge >= 0.3 is 0 Å². The highest BCUT2D eigenvalue weighted by molar-refractivity contribution is 6.30. The zero-order valence-electron chi connectivity index (χ0n) is 15.7. The van der Waals surface area contributed by atoms with Crippen LogP contribution in [0.4, 0.5) is 0 Å². The summed E-state index contributed by atoms with van der Waals surface area (Å²) < 4.78 is 5.47. The third-order valence-electron chi connectivity index (χ3n) is 5.87. The first-order valence-electron chi connectivity index (χ1n) is 10.0. The Morgan fingerprint density at radius 1 is 1.33 bits per heavy atom. The third kappa shape index (κ3) is 6.16. The minimum Gasteiger partial charge on any atom is -0.390 e. The van der Waals surface area contributed by atoms with Gasteiger partial charge in [-0.3, -0.25) is 10.2 Å². The van der Waals surface area contributed by atoms with Crippen LogP contribution >= 0.6 is 23.2 Å². The fourth-order valence-electron chi connectivity index (χ4n) is 4.26. The zero-order valence-corrected chi connectivity index (χ0v) is 17.2. The van der Waals surface area contributed by atoms with Crippen LogP contribution in [0.1, 0.15) is 38.5 Å². The Hall–Kier alpha value is -0.150. The summed E-state index contributed by atoms with van der Waals surface area (Å²) in [6, 6.07) is 0.